The van der Waals surface area contributed by atoms with Crippen molar-refractivity contribution in [1.82, 2.24) is 20.0 Å². The minimum Gasteiger partial charge on any atom is -0.403 e. The minimum atomic E-state index is -0.979. The molecule has 1 unspecified atom stereocenters. The fourth-order valence-electron chi connectivity index (χ4n) is 3.95. The van der Waals surface area contributed by atoms with Crippen LogP contribution in [0.25, 0.3) is 17.1 Å². The van der Waals surface area contributed by atoms with Crippen molar-refractivity contribution in [2.75, 3.05) is 10.6 Å². The number of nitrogens with zero attached hydrogens (tertiary/aromatic N) is 5. The average molecular weight is 461 g/mol. The average Bonchev–Trinajstić information content (AvgIpc) is 3.58. The number of hydrogen-bond donors (Lipinski definition) is 2. The number of benzodiazepines with no additional fused rings is 1. The quantitative estimate of drug-likeness (QED) is 0.407. The minimum absolute atomic E-state index is 0.0811. The Kier molecular flexibility index (Phi) is 5.12. The first-order valence-electron chi connectivity index (χ1n) is 11.0. The fraction of sp³-hybridized carbons (Fsp3) is 0.0385. The fourth-order valence-corrected chi connectivity index (χ4v) is 3.95. The summed E-state index contributed by atoms with van der Waals surface area (Å²) >= 11 is 0. The van der Waals surface area contributed by atoms with E-state index in [0.29, 0.717) is 22.9 Å². The van der Waals surface area contributed by atoms with Crippen molar-refractivity contribution >= 4 is 23.3 Å². The van der Waals surface area contributed by atoms with Crippen molar-refractivity contribution in [3.8, 4) is 17.1 Å². The van der Waals surface area contributed by atoms with Crippen LogP contribution >= 0.6 is 0 Å². The summed E-state index contributed by atoms with van der Waals surface area (Å²) < 4.78 is 7.62. The van der Waals surface area contributed by atoms with E-state index in [1.165, 1.54) is 0 Å². The van der Waals surface area contributed by atoms with Gasteiger partial charge in [-0.05, 0) is 24.3 Å². The maximum atomic E-state index is 13.1. The van der Waals surface area contributed by atoms with Crippen molar-refractivity contribution in [3.63, 3.8) is 0 Å². The Hall–Kier alpha value is -5.05. The predicted octanol–water partition coefficient (Wildman–Crippen LogP) is 4.15. The van der Waals surface area contributed by atoms with Gasteiger partial charge >= 0.3 is 6.01 Å². The Morgan fingerprint density at radius 3 is 2.46 bits per heavy atom. The second-order valence-electron chi connectivity index (χ2n) is 7.81. The molecule has 1 atom stereocenters. The van der Waals surface area contributed by atoms with Crippen LogP contribution in [-0.4, -0.2) is 37.8 Å². The Bertz CT molecular complexity index is 1520. The summed E-state index contributed by atoms with van der Waals surface area (Å²) in [6.07, 6.45) is 2.55. The standard InChI is InChI=1S/C26H19N7O2/c34-24-23(29-22(17-9-2-1-3-10-17)18-11-4-6-13-20(18)28-24)30-26-32-31-25(35-26)19-12-5-7-14-21(19)33-16-8-15-27-33/h1-16,23H,(H,28,34)(H,30,32). The molecule has 6 rings (SSSR count). The van der Waals surface area contributed by atoms with Crippen molar-refractivity contribution in [1.29, 1.82) is 0 Å². The molecule has 0 bridgehead atoms. The lowest BCUT2D eigenvalue weighted by Gasteiger charge is -2.11. The van der Waals surface area contributed by atoms with Gasteiger partial charge in [-0.1, -0.05) is 65.8 Å². The lowest BCUT2D eigenvalue weighted by Crippen LogP contribution is -2.32. The number of para-hydroxylation sites is 2. The summed E-state index contributed by atoms with van der Waals surface area (Å²) in [6, 6.07) is 26.8. The van der Waals surface area contributed by atoms with E-state index >= 15 is 0 Å². The highest BCUT2D eigenvalue weighted by atomic mass is 16.4. The third-order valence-electron chi connectivity index (χ3n) is 5.56. The third-order valence-corrected chi connectivity index (χ3v) is 5.56. The molecule has 5 aromatic rings. The summed E-state index contributed by atoms with van der Waals surface area (Å²) in [6.45, 7) is 0. The van der Waals surface area contributed by atoms with Crippen LogP contribution in [0.5, 0.6) is 0 Å². The summed E-state index contributed by atoms with van der Waals surface area (Å²) in [5.41, 5.74) is 4.59. The van der Waals surface area contributed by atoms with Crippen LogP contribution in [-0.2, 0) is 4.79 Å². The van der Waals surface area contributed by atoms with Crippen LogP contribution < -0.4 is 10.6 Å². The van der Waals surface area contributed by atoms with Gasteiger partial charge in [0.15, 0.2) is 0 Å². The largest absolute Gasteiger partial charge is 0.403 e. The molecule has 3 aromatic carbocycles. The zero-order valence-electron chi connectivity index (χ0n) is 18.4. The zero-order chi connectivity index (χ0) is 23.6. The molecule has 1 amide bonds. The Morgan fingerprint density at radius 2 is 1.63 bits per heavy atom. The van der Waals surface area contributed by atoms with E-state index in [4.69, 9.17) is 9.41 Å². The molecule has 3 heterocycles. The van der Waals surface area contributed by atoms with E-state index in [1.807, 2.05) is 91.1 Å². The zero-order valence-corrected chi connectivity index (χ0v) is 18.4. The van der Waals surface area contributed by atoms with Gasteiger partial charge in [-0.2, -0.15) is 5.10 Å². The SMILES string of the molecule is O=C1Nc2ccccc2C(c2ccccc2)=NC1Nc1nnc(-c2ccccc2-n2cccn2)o1. The smallest absolute Gasteiger partial charge is 0.317 e. The van der Waals surface area contributed by atoms with E-state index in [0.717, 1.165) is 16.8 Å². The molecule has 0 spiro atoms. The van der Waals surface area contributed by atoms with Crippen LogP contribution in [0.2, 0.25) is 0 Å². The maximum absolute atomic E-state index is 13.1. The highest BCUT2D eigenvalue weighted by molar-refractivity contribution is 6.19. The molecule has 0 aliphatic carbocycles. The van der Waals surface area contributed by atoms with Crippen LogP contribution in [0.15, 0.2) is 107 Å². The molecule has 2 N–H and O–H groups in total. The number of carbonyl (C=O) groups excluding carboxylic acids is 1. The lowest BCUT2D eigenvalue weighted by molar-refractivity contribution is -0.116. The molecular formula is C26H19N7O2. The maximum Gasteiger partial charge on any atom is 0.317 e. The molecule has 35 heavy (non-hydrogen) atoms. The molecule has 2 aromatic heterocycles. The molecule has 170 valence electrons. The first kappa shape index (κ1) is 20.5. The first-order valence-corrected chi connectivity index (χ1v) is 11.0. The Balaban J connectivity index is 1.35. The number of anilines is 2. The topological polar surface area (TPSA) is 110 Å². The van der Waals surface area contributed by atoms with Gasteiger partial charge in [-0.25, -0.2) is 9.67 Å². The van der Waals surface area contributed by atoms with Gasteiger partial charge in [0, 0.05) is 23.5 Å². The van der Waals surface area contributed by atoms with E-state index in [2.05, 4.69) is 25.9 Å². The van der Waals surface area contributed by atoms with Gasteiger partial charge in [0.1, 0.15) is 0 Å². The summed E-state index contributed by atoms with van der Waals surface area (Å²) in [5.74, 6) is -0.0387. The lowest BCUT2D eigenvalue weighted by atomic mass is 10.0. The monoisotopic (exact) mass is 461 g/mol. The van der Waals surface area contributed by atoms with Crippen molar-refractivity contribution in [2.45, 2.75) is 6.17 Å². The number of aromatic nitrogens is 4. The molecule has 0 saturated carbocycles. The van der Waals surface area contributed by atoms with Crippen molar-refractivity contribution in [2.24, 2.45) is 4.99 Å². The third kappa shape index (κ3) is 3.95. The normalized spacial score (nSPS) is 15.0. The number of rotatable bonds is 5. The molecule has 9 heteroatoms. The van der Waals surface area contributed by atoms with Gasteiger partial charge in [0.25, 0.3) is 11.8 Å². The molecule has 9 nitrogen and oxygen atoms in total. The summed E-state index contributed by atoms with van der Waals surface area (Å²) in [5, 5.41) is 18.5. The van der Waals surface area contributed by atoms with E-state index in [-0.39, 0.29) is 11.9 Å². The number of hydrogen-bond acceptors (Lipinski definition) is 7. The van der Waals surface area contributed by atoms with Crippen LogP contribution in [0.4, 0.5) is 11.7 Å². The van der Waals surface area contributed by atoms with E-state index in [9.17, 15) is 4.79 Å². The molecule has 0 radical (unpaired) electrons. The van der Waals surface area contributed by atoms with Crippen molar-refractivity contribution in [3.05, 3.63) is 108 Å². The molecule has 1 aliphatic heterocycles. The van der Waals surface area contributed by atoms with Gasteiger partial charge < -0.3 is 15.1 Å². The van der Waals surface area contributed by atoms with Gasteiger partial charge in [-0.3, -0.25) is 4.79 Å². The van der Waals surface area contributed by atoms with E-state index in [1.54, 1.807) is 10.9 Å². The van der Waals surface area contributed by atoms with Gasteiger partial charge in [0.05, 0.1) is 22.6 Å². The van der Waals surface area contributed by atoms with Crippen LogP contribution in [0, 0.1) is 0 Å². The number of amides is 1. The van der Waals surface area contributed by atoms with Gasteiger partial charge in [0.2, 0.25) is 6.17 Å². The first-order chi connectivity index (χ1) is 17.3. The number of carbonyl (C=O) groups is 1. The van der Waals surface area contributed by atoms with Crippen LogP contribution in [0.3, 0.4) is 0 Å². The van der Waals surface area contributed by atoms with Crippen molar-refractivity contribution < 1.29 is 9.21 Å². The Labute approximate surface area is 200 Å². The molecule has 0 fully saturated rings. The van der Waals surface area contributed by atoms with Crippen LogP contribution in [0.1, 0.15) is 11.1 Å². The molecule has 1 aliphatic rings. The second kappa shape index (κ2) is 8.71. The number of nitrogens with one attached hydrogen (secondary N) is 2. The number of aliphatic imine (C=N–C) groups is 1. The summed E-state index contributed by atoms with van der Waals surface area (Å²) in [7, 11) is 0. The molecular weight excluding hydrogens is 442 g/mol. The van der Waals surface area contributed by atoms with E-state index < -0.39 is 6.17 Å². The Morgan fingerprint density at radius 1 is 0.857 bits per heavy atom. The highest BCUT2D eigenvalue weighted by Crippen LogP contribution is 2.28. The predicted molar refractivity (Wildman–Crippen MR) is 131 cm³/mol. The molecule has 0 saturated heterocycles. The number of fused-ring (bicyclic) bond motifs is 1. The second-order valence-corrected chi connectivity index (χ2v) is 7.81. The number of benzene rings is 3. The highest BCUT2D eigenvalue weighted by Gasteiger charge is 2.27. The summed E-state index contributed by atoms with van der Waals surface area (Å²) in [4.78, 5) is 17.8. The van der Waals surface area contributed by atoms with Gasteiger partial charge in [-0.15, -0.1) is 5.10 Å².